The summed E-state index contributed by atoms with van der Waals surface area (Å²) in [5.41, 5.74) is 1.56. The van der Waals surface area contributed by atoms with Crippen molar-refractivity contribution in [1.29, 1.82) is 0 Å². The van der Waals surface area contributed by atoms with Gasteiger partial charge in [0, 0.05) is 12.0 Å². The van der Waals surface area contributed by atoms with Crippen LogP contribution in [0, 0.1) is 5.82 Å². The first-order valence-corrected chi connectivity index (χ1v) is 7.27. The zero-order valence-corrected chi connectivity index (χ0v) is 12.8. The van der Waals surface area contributed by atoms with Crippen LogP contribution in [0.4, 0.5) is 4.39 Å². The maximum atomic E-state index is 13.6. The van der Waals surface area contributed by atoms with Crippen molar-refractivity contribution in [3.63, 3.8) is 0 Å². The van der Waals surface area contributed by atoms with Gasteiger partial charge in [-0.05, 0) is 37.1 Å². The number of carbonyl (C=O) groups excluding carboxylic acids is 1. The molecule has 1 atom stereocenters. The Hall–Kier alpha value is -2.36. The van der Waals surface area contributed by atoms with E-state index in [2.05, 4.69) is 5.32 Å². The fourth-order valence-corrected chi connectivity index (χ4v) is 2.27. The third-order valence-corrected chi connectivity index (χ3v) is 3.55. The van der Waals surface area contributed by atoms with Crippen molar-refractivity contribution < 1.29 is 13.9 Å². The van der Waals surface area contributed by atoms with Crippen molar-refractivity contribution in [3.05, 3.63) is 65.5 Å². The zero-order valence-electron chi connectivity index (χ0n) is 12.8. The molecule has 0 saturated carbocycles. The quantitative estimate of drug-likeness (QED) is 0.884. The minimum absolute atomic E-state index is 0.0911. The molecule has 22 heavy (non-hydrogen) atoms. The van der Waals surface area contributed by atoms with Gasteiger partial charge in [-0.2, -0.15) is 0 Å². The summed E-state index contributed by atoms with van der Waals surface area (Å²) in [5.74, 6) is 0.401. The SMILES string of the molecule is COc1ccc(CCC(=O)N[C@H](C)c2ccccc2F)cc1. The van der Waals surface area contributed by atoms with E-state index < -0.39 is 0 Å². The molecule has 1 amide bonds. The number of hydrogen-bond acceptors (Lipinski definition) is 2. The fourth-order valence-electron chi connectivity index (χ4n) is 2.27. The molecule has 0 fully saturated rings. The van der Waals surface area contributed by atoms with Gasteiger partial charge in [-0.15, -0.1) is 0 Å². The predicted molar refractivity (Wildman–Crippen MR) is 84.3 cm³/mol. The maximum Gasteiger partial charge on any atom is 0.220 e. The molecule has 4 heteroatoms. The molecule has 2 aromatic rings. The summed E-state index contributed by atoms with van der Waals surface area (Å²) in [4.78, 5) is 12.0. The zero-order chi connectivity index (χ0) is 15.9. The first-order chi connectivity index (χ1) is 10.6. The van der Waals surface area contributed by atoms with E-state index in [9.17, 15) is 9.18 Å². The summed E-state index contributed by atoms with van der Waals surface area (Å²) in [7, 11) is 1.62. The van der Waals surface area contributed by atoms with Gasteiger partial charge in [0.1, 0.15) is 11.6 Å². The highest BCUT2D eigenvalue weighted by atomic mass is 19.1. The van der Waals surface area contributed by atoms with Crippen LogP contribution in [0.3, 0.4) is 0 Å². The highest BCUT2D eigenvalue weighted by Crippen LogP contribution is 2.17. The molecular formula is C18H20FNO2. The molecule has 2 aromatic carbocycles. The lowest BCUT2D eigenvalue weighted by Crippen LogP contribution is -2.27. The molecule has 0 aromatic heterocycles. The van der Waals surface area contributed by atoms with Gasteiger partial charge >= 0.3 is 0 Å². The molecule has 0 radical (unpaired) electrons. The number of rotatable bonds is 6. The van der Waals surface area contributed by atoms with Gasteiger partial charge in [0.2, 0.25) is 5.91 Å². The van der Waals surface area contributed by atoms with Gasteiger partial charge in [0.25, 0.3) is 0 Å². The standard InChI is InChI=1S/C18H20FNO2/c1-13(16-5-3-4-6-17(16)19)20-18(21)12-9-14-7-10-15(22-2)11-8-14/h3-8,10-11,13H,9,12H2,1-2H3,(H,20,21)/t13-/m1/s1. The van der Waals surface area contributed by atoms with Crippen molar-refractivity contribution in [2.75, 3.05) is 7.11 Å². The number of halogens is 1. The van der Waals surface area contributed by atoms with E-state index in [-0.39, 0.29) is 17.8 Å². The van der Waals surface area contributed by atoms with Crippen LogP contribution < -0.4 is 10.1 Å². The summed E-state index contributed by atoms with van der Waals surface area (Å²) < 4.78 is 18.7. The van der Waals surface area contributed by atoms with Crippen LogP contribution in [0.15, 0.2) is 48.5 Å². The Labute approximate surface area is 130 Å². The molecule has 0 spiro atoms. The molecule has 1 N–H and O–H groups in total. The Kier molecular flexibility index (Phi) is 5.53. The Balaban J connectivity index is 1.86. The van der Waals surface area contributed by atoms with Gasteiger partial charge in [-0.25, -0.2) is 4.39 Å². The molecule has 3 nitrogen and oxygen atoms in total. The average Bonchev–Trinajstić information content (AvgIpc) is 2.53. The minimum Gasteiger partial charge on any atom is -0.497 e. The third-order valence-electron chi connectivity index (χ3n) is 3.55. The first-order valence-electron chi connectivity index (χ1n) is 7.27. The summed E-state index contributed by atoms with van der Waals surface area (Å²) in [6, 6.07) is 13.8. The third kappa shape index (κ3) is 4.32. The van der Waals surface area contributed by atoms with E-state index in [1.54, 1.807) is 32.2 Å². The summed E-state index contributed by atoms with van der Waals surface area (Å²) in [6.45, 7) is 1.78. The van der Waals surface area contributed by atoms with E-state index in [1.165, 1.54) is 6.07 Å². The monoisotopic (exact) mass is 301 g/mol. The Morgan fingerprint density at radius 1 is 1.18 bits per heavy atom. The Bertz CT molecular complexity index is 625. The number of aryl methyl sites for hydroxylation is 1. The topological polar surface area (TPSA) is 38.3 Å². The molecule has 0 aliphatic rings. The smallest absolute Gasteiger partial charge is 0.220 e. The van der Waals surface area contributed by atoms with Gasteiger partial charge < -0.3 is 10.1 Å². The van der Waals surface area contributed by atoms with Gasteiger partial charge in [0.05, 0.1) is 13.2 Å². The van der Waals surface area contributed by atoms with E-state index >= 15 is 0 Å². The second kappa shape index (κ2) is 7.59. The average molecular weight is 301 g/mol. The van der Waals surface area contributed by atoms with Crippen LogP contribution in [-0.4, -0.2) is 13.0 Å². The van der Waals surface area contributed by atoms with Crippen molar-refractivity contribution in [2.24, 2.45) is 0 Å². The number of ether oxygens (including phenoxy) is 1. The second-order valence-electron chi connectivity index (χ2n) is 5.16. The Morgan fingerprint density at radius 2 is 1.86 bits per heavy atom. The highest BCUT2D eigenvalue weighted by Gasteiger charge is 2.12. The van der Waals surface area contributed by atoms with Gasteiger partial charge in [0.15, 0.2) is 0 Å². The van der Waals surface area contributed by atoms with Crippen molar-refractivity contribution in [2.45, 2.75) is 25.8 Å². The number of benzene rings is 2. The van der Waals surface area contributed by atoms with Crippen LogP contribution >= 0.6 is 0 Å². The first kappa shape index (κ1) is 16.0. The second-order valence-corrected chi connectivity index (χ2v) is 5.16. The number of amides is 1. The lowest BCUT2D eigenvalue weighted by Gasteiger charge is -2.15. The number of nitrogens with one attached hydrogen (secondary N) is 1. The fraction of sp³-hybridized carbons (Fsp3) is 0.278. The molecule has 0 saturated heterocycles. The molecule has 0 heterocycles. The molecule has 116 valence electrons. The Morgan fingerprint density at radius 3 is 2.50 bits per heavy atom. The molecular weight excluding hydrogens is 281 g/mol. The van der Waals surface area contributed by atoms with Gasteiger partial charge in [-0.1, -0.05) is 30.3 Å². The molecule has 0 aliphatic carbocycles. The van der Waals surface area contributed by atoms with Crippen LogP contribution in [0.25, 0.3) is 0 Å². The van der Waals surface area contributed by atoms with Crippen molar-refractivity contribution in [3.8, 4) is 5.75 Å². The summed E-state index contributed by atoms with van der Waals surface area (Å²) >= 11 is 0. The largest absolute Gasteiger partial charge is 0.497 e. The van der Waals surface area contributed by atoms with E-state index in [0.717, 1.165) is 11.3 Å². The van der Waals surface area contributed by atoms with E-state index in [1.807, 2.05) is 24.3 Å². The summed E-state index contributed by atoms with van der Waals surface area (Å²) in [5, 5.41) is 2.83. The number of hydrogen-bond donors (Lipinski definition) is 1. The minimum atomic E-state index is -0.343. The van der Waals surface area contributed by atoms with Crippen LogP contribution in [0.5, 0.6) is 5.75 Å². The normalized spacial score (nSPS) is 11.8. The highest BCUT2D eigenvalue weighted by molar-refractivity contribution is 5.76. The van der Waals surface area contributed by atoms with E-state index in [0.29, 0.717) is 18.4 Å². The molecule has 0 bridgehead atoms. The number of carbonyl (C=O) groups is 1. The summed E-state index contributed by atoms with van der Waals surface area (Å²) in [6.07, 6.45) is 1.00. The van der Waals surface area contributed by atoms with Crippen molar-refractivity contribution >= 4 is 5.91 Å². The number of methoxy groups -OCH3 is 1. The predicted octanol–water partition coefficient (Wildman–Crippen LogP) is 3.64. The van der Waals surface area contributed by atoms with Crippen molar-refractivity contribution in [1.82, 2.24) is 5.32 Å². The van der Waals surface area contributed by atoms with Crippen LogP contribution in [0.1, 0.15) is 30.5 Å². The van der Waals surface area contributed by atoms with E-state index in [4.69, 9.17) is 4.74 Å². The lowest BCUT2D eigenvalue weighted by molar-refractivity contribution is -0.121. The molecule has 2 rings (SSSR count). The lowest BCUT2D eigenvalue weighted by atomic mass is 10.1. The molecule has 0 unspecified atom stereocenters. The van der Waals surface area contributed by atoms with Gasteiger partial charge in [-0.3, -0.25) is 4.79 Å². The molecule has 0 aliphatic heterocycles. The van der Waals surface area contributed by atoms with Crippen LogP contribution in [0.2, 0.25) is 0 Å². The maximum absolute atomic E-state index is 13.6. The van der Waals surface area contributed by atoms with Crippen LogP contribution in [-0.2, 0) is 11.2 Å².